The van der Waals surface area contributed by atoms with Crippen molar-refractivity contribution in [3.8, 4) is 0 Å². The van der Waals surface area contributed by atoms with Crippen molar-refractivity contribution in [2.24, 2.45) is 0 Å². The van der Waals surface area contributed by atoms with Crippen LogP contribution >= 0.6 is 15.9 Å². The fraction of sp³-hybridized carbons (Fsp3) is 0.500. The van der Waals surface area contributed by atoms with Crippen molar-refractivity contribution in [3.63, 3.8) is 0 Å². The van der Waals surface area contributed by atoms with Gasteiger partial charge in [0.1, 0.15) is 0 Å². The zero-order chi connectivity index (χ0) is 14.3. The Balaban J connectivity index is 2.50. The Morgan fingerprint density at radius 2 is 2.05 bits per heavy atom. The van der Waals surface area contributed by atoms with E-state index in [0.717, 1.165) is 10.0 Å². The Morgan fingerprint density at radius 1 is 1.37 bits per heavy atom. The molecule has 0 bridgehead atoms. The predicted molar refractivity (Wildman–Crippen MR) is 80.0 cm³/mol. The van der Waals surface area contributed by atoms with Crippen molar-refractivity contribution in [2.75, 3.05) is 20.3 Å². The molecule has 0 saturated carbocycles. The molecule has 2 N–H and O–H groups in total. The van der Waals surface area contributed by atoms with Crippen LogP contribution in [0.1, 0.15) is 25.5 Å². The topological polar surface area (TPSA) is 50.4 Å². The van der Waals surface area contributed by atoms with Crippen LogP contribution in [0.5, 0.6) is 0 Å². The van der Waals surface area contributed by atoms with Gasteiger partial charge in [-0.2, -0.15) is 0 Å². The number of halogens is 1. The maximum Gasteiger partial charge on any atom is 0.236 e. The molecule has 1 aromatic rings. The van der Waals surface area contributed by atoms with Gasteiger partial charge in [0.2, 0.25) is 5.91 Å². The first-order valence-electron chi connectivity index (χ1n) is 6.33. The van der Waals surface area contributed by atoms with Crippen LogP contribution in [0, 0.1) is 0 Å². The standard InChI is InChI=1S/C14H21BrN2O2/c1-10(12-6-4-5-7-13(12)15)17-11(2)14(18)16-8-9-19-3/h4-7,10-11,17H,8-9H2,1-3H3,(H,16,18). The quantitative estimate of drug-likeness (QED) is 0.755. The fourth-order valence-electron chi connectivity index (χ4n) is 1.80. The highest BCUT2D eigenvalue weighted by atomic mass is 79.9. The normalized spacial score (nSPS) is 13.9. The lowest BCUT2D eigenvalue weighted by molar-refractivity contribution is -0.123. The zero-order valence-electron chi connectivity index (χ0n) is 11.6. The second kappa shape index (κ2) is 8.30. The molecule has 0 heterocycles. The first kappa shape index (κ1) is 16.1. The molecule has 2 atom stereocenters. The number of methoxy groups -OCH3 is 1. The van der Waals surface area contributed by atoms with Crippen LogP contribution in [0.4, 0.5) is 0 Å². The maximum atomic E-state index is 11.8. The lowest BCUT2D eigenvalue weighted by atomic mass is 10.1. The third-order valence-electron chi connectivity index (χ3n) is 2.87. The van der Waals surface area contributed by atoms with Crippen molar-refractivity contribution < 1.29 is 9.53 Å². The Morgan fingerprint density at radius 3 is 2.68 bits per heavy atom. The Kier molecular flexibility index (Phi) is 7.05. The Hall–Kier alpha value is -0.910. The number of carbonyl (C=O) groups is 1. The Labute approximate surface area is 123 Å². The Bertz CT molecular complexity index is 412. The van der Waals surface area contributed by atoms with Crippen LogP contribution in [0.3, 0.4) is 0 Å². The van der Waals surface area contributed by atoms with E-state index in [-0.39, 0.29) is 18.0 Å². The highest BCUT2D eigenvalue weighted by Gasteiger charge is 2.16. The van der Waals surface area contributed by atoms with Gasteiger partial charge in [0.15, 0.2) is 0 Å². The summed E-state index contributed by atoms with van der Waals surface area (Å²) in [6.45, 7) is 4.96. The van der Waals surface area contributed by atoms with Crippen molar-refractivity contribution in [1.82, 2.24) is 10.6 Å². The summed E-state index contributed by atoms with van der Waals surface area (Å²) in [6, 6.07) is 7.84. The number of benzene rings is 1. The summed E-state index contributed by atoms with van der Waals surface area (Å²) < 4.78 is 5.94. The van der Waals surface area contributed by atoms with Gasteiger partial charge in [-0.15, -0.1) is 0 Å². The molecule has 19 heavy (non-hydrogen) atoms. The number of rotatable bonds is 7. The van der Waals surface area contributed by atoms with Gasteiger partial charge in [-0.1, -0.05) is 34.1 Å². The summed E-state index contributed by atoms with van der Waals surface area (Å²) in [6.07, 6.45) is 0. The number of nitrogens with one attached hydrogen (secondary N) is 2. The molecule has 4 nitrogen and oxygen atoms in total. The molecule has 0 spiro atoms. The van der Waals surface area contributed by atoms with Gasteiger partial charge < -0.3 is 10.1 Å². The minimum atomic E-state index is -0.251. The predicted octanol–water partition coefficient (Wildman–Crippen LogP) is 2.25. The van der Waals surface area contributed by atoms with Crippen molar-refractivity contribution in [1.29, 1.82) is 0 Å². The lowest BCUT2D eigenvalue weighted by Crippen LogP contribution is -2.44. The average molecular weight is 329 g/mol. The second-order valence-electron chi connectivity index (χ2n) is 4.42. The first-order valence-corrected chi connectivity index (χ1v) is 7.12. The van der Waals surface area contributed by atoms with E-state index in [9.17, 15) is 4.79 Å². The molecule has 0 radical (unpaired) electrons. The summed E-state index contributed by atoms with van der Waals surface area (Å²) in [4.78, 5) is 11.8. The third-order valence-corrected chi connectivity index (χ3v) is 3.59. The van der Waals surface area contributed by atoms with E-state index in [0.29, 0.717) is 13.2 Å². The molecule has 0 aromatic heterocycles. The van der Waals surface area contributed by atoms with Crippen LogP contribution in [0.2, 0.25) is 0 Å². The summed E-state index contributed by atoms with van der Waals surface area (Å²) in [5, 5.41) is 6.10. The molecule has 0 aliphatic carbocycles. The molecule has 0 aliphatic heterocycles. The van der Waals surface area contributed by atoms with Crippen LogP contribution in [-0.2, 0) is 9.53 Å². The van der Waals surface area contributed by atoms with E-state index in [4.69, 9.17) is 4.74 Å². The first-order chi connectivity index (χ1) is 9.06. The molecule has 2 unspecified atom stereocenters. The number of ether oxygens (including phenoxy) is 1. The number of amides is 1. The molecule has 0 aliphatic rings. The number of hydrogen-bond donors (Lipinski definition) is 2. The van der Waals surface area contributed by atoms with Crippen molar-refractivity contribution >= 4 is 21.8 Å². The van der Waals surface area contributed by atoms with Gasteiger partial charge in [0.05, 0.1) is 12.6 Å². The SMILES string of the molecule is COCCNC(=O)C(C)NC(C)c1ccccc1Br. The van der Waals surface area contributed by atoms with Crippen LogP contribution < -0.4 is 10.6 Å². The van der Waals surface area contributed by atoms with Crippen molar-refractivity contribution in [3.05, 3.63) is 34.3 Å². The lowest BCUT2D eigenvalue weighted by Gasteiger charge is -2.20. The molecule has 1 amide bonds. The fourth-order valence-corrected chi connectivity index (χ4v) is 2.42. The molecule has 1 aromatic carbocycles. The zero-order valence-corrected chi connectivity index (χ0v) is 13.2. The molecule has 0 saturated heterocycles. The van der Waals surface area contributed by atoms with Gasteiger partial charge in [-0.3, -0.25) is 10.1 Å². The summed E-state index contributed by atoms with van der Waals surface area (Å²) >= 11 is 3.52. The monoisotopic (exact) mass is 328 g/mol. The van der Waals surface area contributed by atoms with Crippen LogP contribution in [0.15, 0.2) is 28.7 Å². The van der Waals surface area contributed by atoms with Gasteiger partial charge in [0, 0.05) is 24.2 Å². The van der Waals surface area contributed by atoms with Crippen LogP contribution in [-0.4, -0.2) is 32.2 Å². The minimum Gasteiger partial charge on any atom is -0.383 e. The van der Waals surface area contributed by atoms with Gasteiger partial charge >= 0.3 is 0 Å². The number of hydrogen-bond acceptors (Lipinski definition) is 3. The third kappa shape index (κ3) is 5.30. The maximum absolute atomic E-state index is 11.8. The summed E-state index contributed by atoms with van der Waals surface area (Å²) in [5.41, 5.74) is 1.14. The van der Waals surface area contributed by atoms with E-state index in [1.54, 1.807) is 7.11 Å². The number of carbonyl (C=O) groups excluding carboxylic acids is 1. The van der Waals surface area contributed by atoms with Gasteiger partial charge in [-0.25, -0.2) is 0 Å². The van der Waals surface area contributed by atoms with E-state index in [1.807, 2.05) is 38.1 Å². The highest BCUT2D eigenvalue weighted by molar-refractivity contribution is 9.10. The molecular weight excluding hydrogens is 308 g/mol. The van der Waals surface area contributed by atoms with E-state index >= 15 is 0 Å². The summed E-state index contributed by atoms with van der Waals surface area (Å²) in [7, 11) is 1.61. The van der Waals surface area contributed by atoms with Gasteiger partial charge in [-0.05, 0) is 25.5 Å². The van der Waals surface area contributed by atoms with E-state index in [2.05, 4.69) is 26.6 Å². The average Bonchev–Trinajstić information content (AvgIpc) is 2.39. The molecular formula is C14H21BrN2O2. The molecule has 1 rings (SSSR count). The second-order valence-corrected chi connectivity index (χ2v) is 5.27. The largest absolute Gasteiger partial charge is 0.383 e. The minimum absolute atomic E-state index is 0.0176. The van der Waals surface area contributed by atoms with Gasteiger partial charge in [0.25, 0.3) is 0 Å². The molecule has 0 fully saturated rings. The molecule has 106 valence electrons. The van der Waals surface area contributed by atoms with E-state index < -0.39 is 0 Å². The van der Waals surface area contributed by atoms with Crippen molar-refractivity contribution in [2.45, 2.75) is 25.9 Å². The highest BCUT2D eigenvalue weighted by Crippen LogP contribution is 2.22. The van der Waals surface area contributed by atoms with Crippen LogP contribution in [0.25, 0.3) is 0 Å². The van der Waals surface area contributed by atoms with E-state index in [1.165, 1.54) is 0 Å². The summed E-state index contributed by atoms with van der Waals surface area (Å²) in [5.74, 6) is -0.0176. The molecule has 5 heteroatoms. The smallest absolute Gasteiger partial charge is 0.236 e.